The summed E-state index contributed by atoms with van der Waals surface area (Å²) in [7, 11) is 0. The zero-order valence-electron chi connectivity index (χ0n) is 23.7. The molecule has 42 heavy (non-hydrogen) atoms. The molecular weight excluding hydrogens is 536 g/mol. The van der Waals surface area contributed by atoms with Crippen molar-refractivity contribution in [3.8, 4) is 33.9 Å². The minimum atomic E-state index is 0.499. The van der Waals surface area contributed by atoms with E-state index in [1.807, 2.05) is 45.8 Å². The molecule has 2 heterocycles. The molecule has 0 atom stereocenters. The van der Waals surface area contributed by atoms with E-state index >= 15 is 0 Å². The first-order valence-corrected chi connectivity index (χ1v) is 14.4. The van der Waals surface area contributed by atoms with Crippen LogP contribution in [0.4, 0.5) is 0 Å². The maximum Gasteiger partial charge on any atom is 0.166 e. The Morgan fingerprint density at radius 3 is 1.88 bits per heavy atom. The highest BCUT2D eigenvalue weighted by molar-refractivity contribution is 7.80. The minimum absolute atomic E-state index is 0.499. The molecule has 0 aliphatic heterocycles. The Balaban J connectivity index is 1.18. The number of thiocarbonyl (C=S) groups is 1. The van der Waals surface area contributed by atoms with Gasteiger partial charge in [0.1, 0.15) is 0 Å². The third-order valence-electron chi connectivity index (χ3n) is 7.11. The van der Waals surface area contributed by atoms with Gasteiger partial charge in [-0.3, -0.25) is 0 Å². The number of aryl methyl sites for hydroxylation is 2. The van der Waals surface area contributed by atoms with Gasteiger partial charge in [0.15, 0.2) is 5.11 Å². The minimum Gasteiger partial charge on any atom is -0.359 e. The number of nitrogens with zero attached hydrogens (tertiary/aromatic N) is 4. The molecule has 0 radical (unpaired) electrons. The third kappa shape index (κ3) is 6.16. The molecule has 6 aromatic rings. The van der Waals surface area contributed by atoms with E-state index in [4.69, 9.17) is 22.4 Å². The van der Waals surface area contributed by atoms with Crippen LogP contribution in [0.1, 0.15) is 22.4 Å². The lowest BCUT2D eigenvalue weighted by Crippen LogP contribution is -2.34. The van der Waals surface area contributed by atoms with Gasteiger partial charge in [-0.15, -0.1) is 0 Å². The van der Waals surface area contributed by atoms with Crippen LogP contribution in [0.25, 0.3) is 33.9 Å². The molecule has 6 nitrogen and oxygen atoms in total. The Morgan fingerprint density at radius 1 is 0.667 bits per heavy atom. The second kappa shape index (κ2) is 12.2. The van der Waals surface area contributed by atoms with Crippen molar-refractivity contribution >= 4 is 17.3 Å². The quantitative estimate of drug-likeness (QED) is 0.191. The van der Waals surface area contributed by atoms with E-state index < -0.39 is 0 Å². The highest BCUT2D eigenvalue weighted by Crippen LogP contribution is 2.26. The fourth-order valence-electron chi connectivity index (χ4n) is 4.83. The molecule has 0 unspecified atom stereocenters. The fraction of sp³-hybridized carbons (Fsp3) is 0.114. The number of hydrogen-bond acceptors (Lipinski definition) is 3. The van der Waals surface area contributed by atoms with Gasteiger partial charge in [0, 0.05) is 29.4 Å². The summed E-state index contributed by atoms with van der Waals surface area (Å²) in [6.45, 7) is 5.22. The van der Waals surface area contributed by atoms with Gasteiger partial charge in [-0.25, -0.2) is 9.36 Å². The molecule has 0 saturated heterocycles. The van der Waals surface area contributed by atoms with Crippen LogP contribution in [-0.4, -0.2) is 24.7 Å². The number of para-hydroxylation sites is 2. The number of hydrogen-bond donors (Lipinski definition) is 2. The molecule has 2 N–H and O–H groups in total. The smallest absolute Gasteiger partial charge is 0.166 e. The van der Waals surface area contributed by atoms with Crippen molar-refractivity contribution in [3.05, 3.63) is 144 Å². The van der Waals surface area contributed by atoms with Crippen LogP contribution in [0, 0.1) is 13.8 Å². The van der Waals surface area contributed by atoms with E-state index in [9.17, 15) is 0 Å². The van der Waals surface area contributed by atoms with Crippen molar-refractivity contribution in [1.29, 1.82) is 0 Å². The molecular formula is C35H32N6S. The van der Waals surface area contributed by atoms with Crippen molar-refractivity contribution in [3.63, 3.8) is 0 Å². The van der Waals surface area contributed by atoms with Crippen LogP contribution in [0.5, 0.6) is 0 Å². The normalized spacial score (nSPS) is 10.9. The molecule has 0 saturated carbocycles. The topological polar surface area (TPSA) is 59.7 Å². The predicted molar refractivity (Wildman–Crippen MR) is 174 cm³/mol. The fourth-order valence-corrected chi connectivity index (χ4v) is 4.97. The Labute approximate surface area is 251 Å². The van der Waals surface area contributed by atoms with E-state index in [1.165, 1.54) is 11.1 Å². The van der Waals surface area contributed by atoms with Crippen molar-refractivity contribution < 1.29 is 0 Å². The first-order valence-electron chi connectivity index (χ1n) is 14.0. The van der Waals surface area contributed by atoms with Gasteiger partial charge in [0.05, 0.1) is 35.0 Å². The second-order valence-electron chi connectivity index (χ2n) is 10.3. The number of rotatable bonds is 8. The highest BCUT2D eigenvalue weighted by Gasteiger charge is 2.14. The summed E-state index contributed by atoms with van der Waals surface area (Å²) < 4.78 is 3.91. The van der Waals surface area contributed by atoms with Crippen LogP contribution in [0.3, 0.4) is 0 Å². The van der Waals surface area contributed by atoms with Crippen LogP contribution < -0.4 is 10.6 Å². The zero-order valence-corrected chi connectivity index (χ0v) is 24.5. The summed E-state index contributed by atoms with van der Waals surface area (Å²) in [5.41, 5.74) is 10.6. The molecule has 4 aromatic carbocycles. The van der Waals surface area contributed by atoms with E-state index in [0.717, 1.165) is 45.1 Å². The summed E-state index contributed by atoms with van der Waals surface area (Å²) in [6.07, 6.45) is 2.06. The maximum absolute atomic E-state index is 5.69. The van der Waals surface area contributed by atoms with Gasteiger partial charge in [0.2, 0.25) is 0 Å². The van der Waals surface area contributed by atoms with Crippen molar-refractivity contribution in [1.82, 2.24) is 30.2 Å². The Bertz CT molecular complexity index is 1790. The summed E-state index contributed by atoms with van der Waals surface area (Å²) >= 11 is 5.69. The molecule has 7 heteroatoms. The van der Waals surface area contributed by atoms with E-state index in [2.05, 4.69) is 110 Å². The monoisotopic (exact) mass is 568 g/mol. The average Bonchev–Trinajstić information content (AvgIpc) is 3.66. The van der Waals surface area contributed by atoms with Gasteiger partial charge in [-0.1, -0.05) is 96.1 Å². The Morgan fingerprint density at radius 2 is 1.24 bits per heavy atom. The lowest BCUT2D eigenvalue weighted by molar-refractivity contribution is 0.783. The molecule has 0 fully saturated rings. The third-order valence-corrected chi connectivity index (χ3v) is 7.40. The number of nitrogens with one attached hydrogen (secondary N) is 2. The predicted octanol–water partition coefficient (Wildman–Crippen LogP) is 7.17. The largest absolute Gasteiger partial charge is 0.359 e. The molecule has 0 amide bonds. The maximum atomic E-state index is 5.69. The lowest BCUT2D eigenvalue weighted by atomic mass is 10.1. The Kier molecular flexibility index (Phi) is 7.92. The SMILES string of the molecule is Cc1ccc(-c2nn(-c3ccccc3)cc2CNC(=S)NCc2cc(-c3ccc(C)cc3)n(-c3ccccc3)n2)cc1. The van der Waals surface area contributed by atoms with Crippen LogP contribution in [0.2, 0.25) is 0 Å². The molecule has 2 aromatic heterocycles. The molecule has 0 bridgehead atoms. The van der Waals surface area contributed by atoms with Crippen molar-refractivity contribution in [2.24, 2.45) is 0 Å². The van der Waals surface area contributed by atoms with Gasteiger partial charge < -0.3 is 10.6 Å². The van der Waals surface area contributed by atoms with Crippen LogP contribution in [0.15, 0.2) is 121 Å². The average molecular weight is 569 g/mol. The summed E-state index contributed by atoms with van der Waals surface area (Å²) in [5.74, 6) is 0. The molecule has 0 aliphatic rings. The van der Waals surface area contributed by atoms with E-state index in [-0.39, 0.29) is 0 Å². The lowest BCUT2D eigenvalue weighted by Gasteiger charge is -2.10. The van der Waals surface area contributed by atoms with Gasteiger partial charge in [-0.05, 0) is 56.4 Å². The van der Waals surface area contributed by atoms with Crippen molar-refractivity contribution in [2.75, 3.05) is 0 Å². The Hall–Kier alpha value is -5.01. The van der Waals surface area contributed by atoms with E-state index in [1.54, 1.807) is 0 Å². The standard InChI is InChI=1S/C35H32N6S/c1-25-13-17-27(18-14-25)33-21-30(38-41(33)32-11-7-4-8-12-32)23-37-35(42)36-22-29-24-40(31-9-5-3-6-10-31)39-34(29)28-19-15-26(2)16-20-28/h3-21,24H,22-23H2,1-2H3,(H2,36,37,42). The number of benzene rings is 4. The first kappa shape index (κ1) is 27.2. The van der Waals surface area contributed by atoms with Gasteiger partial charge >= 0.3 is 0 Å². The summed E-state index contributed by atoms with van der Waals surface area (Å²) in [6, 6.07) is 39.4. The van der Waals surface area contributed by atoms with Crippen LogP contribution in [-0.2, 0) is 13.1 Å². The van der Waals surface area contributed by atoms with E-state index in [0.29, 0.717) is 18.2 Å². The zero-order chi connectivity index (χ0) is 28.9. The molecule has 0 aliphatic carbocycles. The van der Waals surface area contributed by atoms with Crippen molar-refractivity contribution in [2.45, 2.75) is 26.9 Å². The molecule has 6 rings (SSSR count). The van der Waals surface area contributed by atoms with Gasteiger partial charge in [-0.2, -0.15) is 10.2 Å². The van der Waals surface area contributed by atoms with Gasteiger partial charge in [0.25, 0.3) is 0 Å². The van der Waals surface area contributed by atoms with Crippen LogP contribution >= 0.6 is 12.2 Å². The summed E-state index contributed by atoms with van der Waals surface area (Å²) in [5, 5.41) is 17.1. The second-order valence-corrected chi connectivity index (χ2v) is 10.7. The highest BCUT2D eigenvalue weighted by atomic mass is 32.1. The molecule has 0 spiro atoms. The first-order chi connectivity index (χ1) is 20.5. The summed E-state index contributed by atoms with van der Waals surface area (Å²) in [4.78, 5) is 0. The number of aromatic nitrogens is 4. The molecule has 208 valence electrons.